The lowest BCUT2D eigenvalue weighted by atomic mass is 10.3. The van der Waals surface area contributed by atoms with Crippen molar-refractivity contribution in [3.8, 4) is 0 Å². The maximum absolute atomic E-state index is 12.9. The van der Waals surface area contributed by atoms with Crippen molar-refractivity contribution in [3.63, 3.8) is 0 Å². The van der Waals surface area contributed by atoms with E-state index in [4.69, 9.17) is 5.11 Å². The fourth-order valence-corrected chi connectivity index (χ4v) is 2.28. The van der Waals surface area contributed by atoms with E-state index in [9.17, 15) is 12.8 Å². The number of nitrogens with one attached hydrogen (secondary N) is 1. The second kappa shape index (κ2) is 5.11. The lowest BCUT2D eigenvalue weighted by molar-refractivity contribution is 0.296. The molecule has 0 aliphatic heterocycles. The molecule has 0 saturated carbocycles. The Hall–Kier alpha value is -0.660. The molecule has 0 bridgehead atoms. The average Bonchev–Trinajstić information content (AvgIpc) is 2.22. The lowest BCUT2D eigenvalue weighted by Gasteiger charge is -2.13. The van der Waals surface area contributed by atoms with E-state index >= 15 is 0 Å². The van der Waals surface area contributed by atoms with Crippen molar-refractivity contribution in [2.45, 2.75) is 12.2 Å². The van der Waals surface area contributed by atoms with Gasteiger partial charge >= 0.3 is 0 Å². The molecule has 0 saturated heterocycles. The van der Waals surface area contributed by atoms with Gasteiger partial charge in [0.25, 0.3) is 0 Å². The third-order valence-corrected chi connectivity index (χ3v) is 4.37. The zero-order valence-electron chi connectivity index (χ0n) is 8.44. The largest absolute Gasteiger partial charge is 0.395 e. The molecule has 0 heterocycles. The lowest BCUT2D eigenvalue weighted by Crippen LogP contribution is -2.28. The van der Waals surface area contributed by atoms with E-state index in [1.165, 1.54) is 19.1 Å². The summed E-state index contributed by atoms with van der Waals surface area (Å²) in [5.41, 5.74) is 0.111. The second-order valence-corrected chi connectivity index (χ2v) is 6.22. The van der Waals surface area contributed by atoms with Crippen LogP contribution >= 0.6 is 15.9 Å². The molecule has 2 N–H and O–H groups in total. The fraction of sp³-hybridized carbons (Fsp3) is 0.333. The van der Waals surface area contributed by atoms with Gasteiger partial charge in [-0.3, -0.25) is 4.72 Å². The van der Waals surface area contributed by atoms with Crippen LogP contribution in [0.2, 0.25) is 0 Å². The summed E-state index contributed by atoms with van der Waals surface area (Å²) in [5.74, 6) is -0.544. The highest BCUT2D eigenvalue weighted by Gasteiger charge is 2.20. The van der Waals surface area contributed by atoms with E-state index in [0.717, 1.165) is 6.07 Å². The van der Waals surface area contributed by atoms with E-state index in [-0.39, 0.29) is 5.69 Å². The molecule has 1 rings (SSSR count). The van der Waals surface area contributed by atoms with Gasteiger partial charge in [0, 0.05) is 4.47 Å². The normalized spacial score (nSPS) is 13.5. The van der Waals surface area contributed by atoms with Crippen LogP contribution in [0.25, 0.3) is 0 Å². The van der Waals surface area contributed by atoms with Crippen LogP contribution in [0.4, 0.5) is 10.1 Å². The van der Waals surface area contributed by atoms with Gasteiger partial charge in [0.1, 0.15) is 11.1 Å². The van der Waals surface area contributed by atoms with Crippen LogP contribution in [0.1, 0.15) is 6.92 Å². The predicted octanol–water partition coefficient (Wildman–Crippen LogP) is 1.71. The monoisotopic (exact) mass is 311 g/mol. The van der Waals surface area contributed by atoms with Gasteiger partial charge in [-0.15, -0.1) is 0 Å². The van der Waals surface area contributed by atoms with E-state index in [2.05, 4.69) is 20.7 Å². The van der Waals surface area contributed by atoms with E-state index in [1.807, 2.05) is 0 Å². The first-order valence-electron chi connectivity index (χ1n) is 4.44. The summed E-state index contributed by atoms with van der Waals surface area (Å²) < 4.78 is 38.7. The van der Waals surface area contributed by atoms with Gasteiger partial charge in [-0.25, -0.2) is 12.8 Å². The first-order valence-corrected chi connectivity index (χ1v) is 6.78. The minimum Gasteiger partial charge on any atom is -0.395 e. The maximum Gasteiger partial charge on any atom is 0.237 e. The molecule has 0 radical (unpaired) electrons. The molecular weight excluding hydrogens is 301 g/mol. The predicted molar refractivity (Wildman–Crippen MR) is 63.2 cm³/mol. The molecule has 90 valence electrons. The minimum atomic E-state index is -3.70. The van der Waals surface area contributed by atoms with Gasteiger partial charge in [-0.05, 0) is 41.1 Å². The number of hydrogen-bond donors (Lipinski definition) is 2. The van der Waals surface area contributed by atoms with Crippen LogP contribution in [-0.4, -0.2) is 25.4 Å². The average molecular weight is 312 g/mol. The van der Waals surface area contributed by atoms with Crippen molar-refractivity contribution in [3.05, 3.63) is 28.5 Å². The van der Waals surface area contributed by atoms with Crippen molar-refractivity contribution < 1.29 is 17.9 Å². The SMILES string of the molecule is CC(CO)S(=O)(=O)Nc1cc(F)ccc1Br. The molecule has 0 aromatic heterocycles. The smallest absolute Gasteiger partial charge is 0.237 e. The van der Waals surface area contributed by atoms with Gasteiger partial charge in [0.2, 0.25) is 10.0 Å². The van der Waals surface area contributed by atoms with Crippen molar-refractivity contribution >= 4 is 31.6 Å². The summed E-state index contributed by atoms with van der Waals surface area (Å²) in [6, 6.07) is 3.67. The summed E-state index contributed by atoms with van der Waals surface area (Å²) in [7, 11) is -3.70. The number of sulfonamides is 1. The van der Waals surface area contributed by atoms with Crippen LogP contribution in [-0.2, 0) is 10.0 Å². The number of aliphatic hydroxyl groups is 1. The van der Waals surface area contributed by atoms with Crippen molar-refractivity contribution in [1.82, 2.24) is 0 Å². The molecule has 1 unspecified atom stereocenters. The zero-order valence-corrected chi connectivity index (χ0v) is 10.8. The van der Waals surface area contributed by atoms with E-state index in [1.54, 1.807) is 0 Å². The molecule has 16 heavy (non-hydrogen) atoms. The van der Waals surface area contributed by atoms with Crippen molar-refractivity contribution in [2.75, 3.05) is 11.3 Å². The Kier molecular flexibility index (Phi) is 4.28. The topological polar surface area (TPSA) is 66.4 Å². The number of hydrogen-bond acceptors (Lipinski definition) is 3. The Labute approximate surface area is 102 Å². The van der Waals surface area contributed by atoms with Gasteiger partial charge < -0.3 is 5.11 Å². The summed E-state index contributed by atoms with van der Waals surface area (Å²) in [5, 5.41) is 7.81. The van der Waals surface area contributed by atoms with Crippen LogP contribution in [0.15, 0.2) is 22.7 Å². The summed E-state index contributed by atoms with van der Waals surface area (Å²) in [4.78, 5) is 0. The van der Waals surface area contributed by atoms with Crippen LogP contribution in [0.5, 0.6) is 0 Å². The molecule has 0 spiro atoms. The van der Waals surface area contributed by atoms with Crippen molar-refractivity contribution in [1.29, 1.82) is 0 Å². The third kappa shape index (κ3) is 3.16. The highest BCUT2D eigenvalue weighted by molar-refractivity contribution is 9.10. The molecule has 1 aromatic carbocycles. The number of rotatable bonds is 4. The zero-order chi connectivity index (χ0) is 12.3. The number of anilines is 1. The Bertz CT molecular complexity index is 478. The Morgan fingerprint density at radius 3 is 2.75 bits per heavy atom. The summed E-state index contributed by atoms with van der Waals surface area (Å²) >= 11 is 3.10. The number of aliphatic hydroxyl groups excluding tert-OH is 1. The van der Waals surface area contributed by atoms with E-state index in [0.29, 0.717) is 4.47 Å². The first-order chi connectivity index (χ1) is 7.36. The second-order valence-electron chi connectivity index (χ2n) is 3.26. The minimum absolute atomic E-state index is 0.111. The van der Waals surface area contributed by atoms with Crippen LogP contribution < -0.4 is 4.72 Å². The quantitative estimate of drug-likeness (QED) is 0.889. The van der Waals surface area contributed by atoms with Crippen molar-refractivity contribution in [2.24, 2.45) is 0 Å². The molecule has 0 fully saturated rings. The maximum atomic E-state index is 12.9. The Balaban J connectivity index is 3.01. The summed E-state index contributed by atoms with van der Waals surface area (Å²) in [6.07, 6.45) is 0. The summed E-state index contributed by atoms with van der Waals surface area (Å²) in [6.45, 7) is 0.859. The molecular formula is C9H11BrFNO3S. The highest BCUT2D eigenvalue weighted by atomic mass is 79.9. The Morgan fingerprint density at radius 1 is 1.56 bits per heavy atom. The molecule has 1 atom stereocenters. The molecule has 0 aliphatic rings. The molecule has 0 aliphatic carbocycles. The van der Waals surface area contributed by atoms with E-state index < -0.39 is 27.7 Å². The first kappa shape index (κ1) is 13.4. The highest BCUT2D eigenvalue weighted by Crippen LogP contribution is 2.24. The standard InChI is InChI=1S/C9H11BrFNO3S/c1-6(5-13)16(14,15)12-9-4-7(11)2-3-8(9)10/h2-4,6,12-13H,5H2,1H3. The molecule has 1 aromatic rings. The Morgan fingerprint density at radius 2 is 2.19 bits per heavy atom. The van der Waals surface area contributed by atoms with Gasteiger partial charge in [-0.2, -0.15) is 0 Å². The molecule has 7 heteroatoms. The van der Waals surface area contributed by atoms with Gasteiger partial charge in [0.15, 0.2) is 0 Å². The van der Waals surface area contributed by atoms with Crippen LogP contribution in [0, 0.1) is 5.82 Å². The van der Waals surface area contributed by atoms with Gasteiger partial charge in [0.05, 0.1) is 12.3 Å². The fourth-order valence-electron chi connectivity index (χ4n) is 0.928. The third-order valence-electron chi connectivity index (χ3n) is 1.97. The van der Waals surface area contributed by atoms with Crippen LogP contribution in [0.3, 0.4) is 0 Å². The van der Waals surface area contributed by atoms with Gasteiger partial charge in [-0.1, -0.05) is 0 Å². The molecule has 0 amide bonds. The molecule has 4 nitrogen and oxygen atoms in total. The number of benzene rings is 1. The number of halogens is 2.